The third kappa shape index (κ3) is 9.84. The molecule has 2 aliphatic rings. The summed E-state index contributed by atoms with van der Waals surface area (Å²) in [5.41, 5.74) is 2.31. The number of halogens is 6. The maximum absolute atomic E-state index is 14.2. The molecule has 0 N–H and O–H groups in total. The zero-order valence-corrected chi connectivity index (χ0v) is 36.9. The van der Waals surface area contributed by atoms with Gasteiger partial charge in [0.25, 0.3) is 0 Å². The van der Waals surface area contributed by atoms with Crippen molar-refractivity contribution >= 4 is 58.2 Å². The summed E-state index contributed by atoms with van der Waals surface area (Å²) >= 11 is 24.6. The number of hydrogen-bond donors (Lipinski definition) is 0. The number of nitrogens with zero attached hydrogens (tertiary/aromatic N) is 2. The van der Waals surface area contributed by atoms with E-state index in [4.69, 9.17) is 46.4 Å². The number of benzene rings is 4. The number of amides is 2. The van der Waals surface area contributed by atoms with Gasteiger partial charge in [-0.3, -0.25) is 9.59 Å². The minimum atomic E-state index is -0.613. The molecule has 2 fully saturated rings. The van der Waals surface area contributed by atoms with Crippen LogP contribution in [0.5, 0.6) is 0 Å². The second-order valence-corrected chi connectivity index (χ2v) is 18.5. The first-order chi connectivity index (χ1) is 27.3. The van der Waals surface area contributed by atoms with E-state index in [1.807, 2.05) is 99.9 Å². The molecule has 0 aliphatic carbocycles. The summed E-state index contributed by atoms with van der Waals surface area (Å²) < 4.78 is 28.5. The van der Waals surface area contributed by atoms with Gasteiger partial charge in [0.2, 0.25) is 11.8 Å². The van der Waals surface area contributed by atoms with Gasteiger partial charge in [0.1, 0.15) is 11.6 Å². The average Bonchev–Trinajstić information content (AvgIpc) is 3.14. The summed E-state index contributed by atoms with van der Waals surface area (Å²) in [6.07, 6.45) is 5.84. The van der Waals surface area contributed by atoms with Gasteiger partial charge in [-0.2, -0.15) is 0 Å². The van der Waals surface area contributed by atoms with Gasteiger partial charge >= 0.3 is 0 Å². The standard InChI is InChI=1S/2C24H26Cl2FNO/c2*1-5-10-24(4)14-21(17-11-19(26)13-20(27)12-17)22(28(15(2)3)23(24)29)16-6-8-18(25)9-7-16/h2*5-9,11-13,15,21-22H,1,10,14H2,2-4H3/t21-,22-,24+;21-,22-,24-/m11/s1. The Kier molecular flexibility index (Phi) is 14.6. The van der Waals surface area contributed by atoms with E-state index in [-0.39, 0.29) is 59.5 Å². The fourth-order valence-corrected chi connectivity index (χ4v) is 9.72. The Labute approximate surface area is 362 Å². The zero-order chi connectivity index (χ0) is 42.7. The molecular weight excluding hydrogens is 816 g/mol. The Bertz CT molecular complexity index is 1930. The largest absolute Gasteiger partial charge is 0.332 e. The molecule has 4 aromatic carbocycles. The van der Waals surface area contributed by atoms with Crippen molar-refractivity contribution in [3.8, 4) is 0 Å². The van der Waals surface area contributed by atoms with Crippen LogP contribution in [0.3, 0.4) is 0 Å². The quantitative estimate of drug-likeness (QED) is 0.149. The Morgan fingerprint density at radius 1 is 0.586 bits per heavy atom. The lowest BCUT2D eigenvalue weighted by atomic mass is 9.67. The maximum Gasteiger partial charge on any atom is 0.229 e. The molecule has 0 aromatic heterocycles. The monoisotopic (exact) mass is 866 g/mol. The summed E-state index contributed by atoms with van der Waals surface area (Å²) in [4.78, 5) is 31.0. The van der Waals surface area contributed by atoms with Crippen molar-refractivity contribution in [2.75, 3.05) is 0 Å². The molecule has 10 heteroatoms. The molecule has 0 radical (unpaired) electrons. The SMILES string of the molecule is C=CC[C@@]1(C)C[C@H](c2cc(F)cc(Cl)c2)[C@@H](c2ccc(Cl)cc2)N(C(C)C)C1=O.C=CC[C@]1(C)C[C@H](c2cc(F)cc(Cl)c2)[C@@H](c2ccc(Cl)cc2)N(C(C)C)C1=O. The van der Waals surface area contributed by atoms with E-state index >= 15 is 0 Å². The molecule has 2 amide bonds. The lowest BCUT2D eigenvalue weighted by Gasteiger charge is -2.51. The molecule has 4 nitrogen and oxygen atoms in total. The molecule has 0 unspecified atom stereocenters. The number of carbonyl (C=O) groups is 2. The lowest BCUT2D eigenvalue weighted by Crippen LogP contribution is -2.54. The van der Waals surface area contributed by atoms with Crippen molar-refractivity contribution in [1.82, 2.24) is 9.80 Å². The van der Waals surface area contributed by atoms with Crippen molar-refractivity contribution < 1.29 is 18.4 Å². The van der Waals surface area contributed by atoms with Gasteiger partial charge in [-0.15, -0.1) is 13.2 Å². The van der Waals surface area contributed by atoms with Crippen LogP contribution in [0.2, 0.25) is 20.1 Å². The normalized spacial score (nSPS) is 24.8. The highest BCUT2D eigenvalue weighted by Gasteiger charge is 2.51. The van der Waals surface area contributed by atoms with Gasteiger partial charge in [-0.25, -0.2) is 8.78 Å². The molecule has 6 rings (SSSR count). The Morgan fingerprint density at radius 3 is 1.19 bits per heavy atom. The molecule has 2 aliphatic heterocycles. The molecule has 58 heavy (non-hydrogen) atoms. The van der Waals surface area contributed by atoms with Gasteiger partial charge in [-0.05, 0) is 136 Å². The first-order valence-corrected chi connectivity index (χ1v) is 21.1. The van der Waals surface area contributed by atoms with E-state index in [2.05, 4.69) is 13.2 Å². The molecule has 0 spiro atoms. The second kappa shape index (κ2) is 18.7. The van der Waals surface area contributed by atoms with Crippen molar-refractivity contribution in [2.24, 2.45) is 10.8 Å². The predicted molar refractivity (Wildman–Crippen MR) is 236 cm³/mol. The van der Waals surface area contributed by atoms with Crippen LogP contribution in [0.4, 0.5) is 8.78 Å². The molecule has 6 atom stereocenters. The van der Waals surface area contributed by atoms with E-state index in [1.165, 1.54) is 24.3 Å². The minimum absolute atomic E-state index is 0.0286. The van der Waals surface area contributed by atoms with Crippen LogP contribution in [0.1, 0.15) is 113 Å². The number of carbonyl (C=O) groups excluding carboxylic acids is 2. The van der Waals surface area contributed by atoms with Crippen LogP contribution >= 0.6 is 46.4 Å². The summed E-state index contributed by atoms with van der Waals surface area (Å²) in [5.74, 6) is -0.803. The van der Waals surface area contributed by atoms with Crippen LogP contribution < -0.4 is 0 Å². The fourth-order valence-electron chi connectivity index (χ4n) is 9.01. The molecule has 4 aromatic rings. The van der Waals surface area contributed by atoms with Crippen molar-refractivity contribution in [2.45, 2.75) is 103 Å². The van der Waals surface area contributed by atoms with Gasteiger partial charge in [0.05, 0.1) is 22.9 Å². The maximum atomic E-state index is 14.2. The third-order valence-electron chi connectivity index (χ3n) is 11.6. The van der Waals surface area contributed by atoms with Gasteiger partial charge in [0, 0.05) is 44.0 Å². The highest BCUT2D eigenvalue weighted by molar-refractivity contribution is 6.31. The van der Waals surface area contributed by atoms with E-state index in [9.17, 15) is 18.4 Å². The minimum Gasteiger partial charge on any atom is -0.332 e. The smallest absolute Gasteiger partial charge is 0.229 e. The van der Waals surface area contributed by atoms with E-state index < -0.39 is 10.8 Å². The fraction of sp³-hybridized carbons (Fsp3) is 0.375. The molecule has 0 saturated carbocycles. The summed E-state index contributed by atoms with van der Waals surface area (Å²) in [5, 5.41) is 1.98. The first-order valence-electron chi connectivity index (χ1n) is 19.6. The Hall–Kier alpha value is -3.68. The zero-order valence-electron chi connectivity index (χ0n) is 33.9. The van der Waals surface area contributed by atoms with Gasteiger partial charge in [-0.1, -0.05) is 96.7 Å². The van der Waals surface area contributed by atoms with Crippen LogP contribution in [0.25, 0.3) is 0 Å². The number of hydrogen-bond acceptors (Lipinski definition) is 2. The number of likely N-dealkylation sites (tertiary alicyclic amines) is 2. The van der Waals surface area contributed by atoms with Crippen molar-refractivity contribution in [3.05, 3.63) is 164 Å². The summed E-state index contributed by atoms with van der Waals surface area (Å²) in [6, 6.07) is 23.8. The van der Waals surface area contributed by atoms with Gasteiger partial charge < -0.3 is 9.80 Å². The van der Waals surface area contributed by atoms with Crippen molar-refractivity contribution in [3.63, 3.8) is 0 Å². The van der Waals surface area contributed by atoms with E-state index in [1.54, 1.807) is 24.3 Å². The predicted octanol–water partition coefficient (Wildman–Crippen LogP) is 14.4. The van der Waals surface area contributed by atoms with Crippen LogP contribution in [0, 0.1) is 22.5 Å². The second-order valence-electron chi connectivity index (χ2n) is 16.7. The van der Waals surface area contributed by atoms with Crippen LogP contribution in [0.15, 0.2) is 110 Å². The van der Waals surface area contributed by atoms with Gasteiger partial charge in [0.15, 0.2) is 0 Å². The van der Waals surface area contributed by atoms with E-state index in [0.29, 0.717) is 45.8 Å². The average molecular weight is 869 g/mol. The lowest BCUT2D eigenvalue weighted by molar-refractivity contribution is -0.154. The van der Waals surface area contributed by atoms with Crippen molar-refractivity contribution in [1.29, 1.82) is 0 Å². The third-order valence-corrected chi connectivity index (χ3v) is 12.5. The van der Waals surface area contributed by atoms with Crippen LogP contribution in [-0.2, 0) is 9.59 Å². The highest BCUT2D eigenvalue weighted by Crippen LogP contribution is 2.53. The molecular formula is C48H52Cl4F2N2O2. The molecule has 0 bridgehead atoms. The number of rotatable bonds is 10. The summed E-state index contributed by atoms with van der Waals surface area (Å²) in [6.45, 7) is 19.7. The molecule has 308 valence electrons. The number of allylic oxidation sites excluding steroid dienone is 2. The van der Waals surface area contributed by atoms with Crippen LogP contribution in [-0.4, -0.2) is 33.7 Å². The molecule has 2 saturated heterocycles. The Balaban J connectivity index is 0.000000221. The summed E-state index contributed by atoms with van der Waals surface area (Å²) in [7, 11) is 0. The molecule has 2 heterocycles. The highest BCUT2D eigenvalue weighted by atomic mass is 35.5. The number of piperidine rings is 2. The Morgan fingerprint density at radius 2 is 0.914 bits per heavy atom. The topological polar surface area (TPSA) is 40.6 Å². The van der Waals surface area contributed by atoms with E-state index in [0.717, 1.165) is 22.3 Å². The first kappa shape index (κ1) is 45.4.